The van der Waals surface area contributed by atoms with Gasteiger partial charge in [-0.3, -0.25) is 4.79 Å². The Morgan fingerprint density at radius 2 is 2.31 bits per heavy atom. The van der Waals surface area contributed by atoms with Gasteiger partial charge >= 0.3 is 5.97 Å². The van der Waals surface area contributed by atoms with Crippen molar-refractivity contribution in [1.82, 2.24) is 4.57 Å². The highest BCUT2D eigenvalue weighted by atomic mass is 35.5. The Bertz CT molecular complexity index is 547. The molecule has 1 heterocycles. The van der Waals surface area contributed by atoms with E-state index in [9.17, 15) is 4.79 Å². The molecule has 4 nitrogen and oxygen atoms in total. The second-order valence-corrected chi connectivity index (χ2v) is 3.76. The number of benzene rings is 1. The van der Waals surface area contributed by atoms with Crippen molar-refractivity contribution in [3.8, 4) is 5.75 Å². The number of fused-ring (bicyclic) bond motifs is 1. The summed E-state index contributed by atoms with van der Waals surface area (Å²) in [5.74, 6) is -0.261. The molecule has 0 bridgehead atoms. The third-order valence-corrected chi connectivity index (χ3v) is 2.63. The molecule has 0 aliphatic carbocycles. The lowest BCUT2D eigenvalue weighted by Crippen LogP contribution is -2.07. The van der Waals surface area contributed by atoms with Gasteiger partial charge in [0, 0.05) is 6.20 Å². The monoisotopic (exact) mass is 239 g/mol. The zero-order chi connectivity index (χ0) is 11.7. The number of carboxylic acids is 1. The SMILES string of the molecule is COc1cccc2c1c(Cl)cn2CC(=O)O. The highest BCUT2D eigenvalue weighted by Gasteiger charge is 2.12. The molecule has 5 heteroatoms. The number of methoxy groups -OCH3 is 1. The first-order valence-corrected chi connectivity index (χ1v) is 5.04. The Balaban J connectivity index is 2.66. The molecule has 2 rings (SSSR count). The van der Waals surface area contributed by atoms with E-state index in [1.54, 1.807) is 30.0 Å². The second-order valence-electron chi connectivity index (χ2n) is 3.35. The highest BCUT2D eigenvalue weighted by Crippen LogP contribution is 2.33. The number of halogens is 1. The third kappa shape index (κ3) is 1.72. The van der Waals surface area contributed by atoms with Gasteiger partial charge in [-0.1, -0.05) is 17.7 Å². The third-order valence-electron chi connectivity index (χ3n) is 2.35. The zero-order valence-corrected chi connectivity index (χ0v) is 9.36. The van der Waals surface area contributed by atoms with Crippen molar-refractivity contribution < 1.29 is 14.6 Å². The predicted octanol–water partition coefficient (Wildman–Crippen LogP) is 2.39. The van der Waals surface area contributed by atoms with Crippen molar-refractivity contribution in [3.63, 3.8) is 0 Å². The van der Waals surface area contributed by atoms with Crippen LogP contribution in [0.25, 0.3) is 10.9 Å². The Kier molecular flexibility index (Phi) is 2.75. The molecule has 0 fully saturated rings. The summed E-state index contributed by atoms with van der Waals surface area (Å²) in [6.07, 6.45) is 1.60. The number of nitrogens with zero attached hydrogens (tertiary/aromatic N) is 1. The van der Waals surface area contributed by atoms with Crippen molar-refractivity contribution in [3.05, 3.63) is 29.4 Å². The average molecular weight is 240 g/mol. The zero-order valence-electron chi connectivity index (χ0n) is 8.61. The van der Waals surface area contributed by atoms with Crippen molar-refractivity contribution in [1.29, 1.82) is 0 Å². The summed E-state index contributed by atoms with van der Waals surface area (Å²) in [5, 5.41) is 10.0. The van der Waals surface area contributed by atoms with Crippen LogP contribution in [0.2, 0.25) is 5.02 Å². The largest absolute Gasteiger partial charge is 0.496 e. The topological polar surface area (TPSA) is 51.5 Å². The summed E-state index contributed by atoms with van der Waals surface area (Å²) >= 11 is 6.05. The molecule has 0 spiro atoms. The van der Waals surface area contributed by atoms with Crippen LogP contribution in [0.4, 0.5) is 0 Å². The van der Waals surface area contributed by atoms with Gasteiger partial charge in [-0.2, -0.15) is 0 Å². The van der Waals surface area contributed by atoms with Crippen molar-refractivity contribution in [2.24, 2.45) is 0 Å². The standard InChI is InChI=1S/C11H10ClNO3/c1-16-9-4-2-3-8-11(9)7(12)5-13(8)6-10(14)15/h2-5H,6H2,1H3,(H,14,15). The molecule has 0 saturated heterocycles. The van der Waals surface area contributed by atoms with E-state index >= 15 is 0 Å². The van der Waals surface area contributed by atoms with Crippen LogP contribution in [0.15, 0.2) is 24.4 Å². The van der Waals surface area contributed by atoms with E-state index in [2.05, 4.69) is 0 Å². The van der Waals surface area contributed by atoms with Gasteiger partial charge in [0.2, 0.25) is 0 Å². The quantitative estimate of drug-likeness (QED) is 0.895. The number of ether oxygens (including phenoxy) is 1. The molecule has 1 aromatic heterocycles. The lowest BCUT2D eigenvalue weighted by Gasteiger charge is -2.03. The minimum atomic E-state index is -0.906. The summed E-state index contributed by atoms with van der Waals surface area (Å²) < 4.78 is 6.77. The van der Waals surface area contributed by atoms with E-state index in [0.29, 0.717) is 10.8 Å². The van der Waals surface area contributed by atoms with Gasteiger partial charge in [0.05, 0.1) is 23.0 Å². The Labute approximate surface area is 97.0 Å². The molecule has 0 aliphatic heterocycles. The molecule has 0 radical (unpaired) electrons. The maximum absolute atomic E-state index is 10.7. The summed E-state index contributed by atoms with van der Waals surface area (Å²) in [5.41, 5.74) is 0.756. The predicted molar refractivity (Wildman–Crippen MR) is 61.1 cm³/mol. The second kappa shape index (κ2) is 4.06. The van der Waals surface area contributed by atoms with Crippen molar-refractivity contribution in [2.75, 3.05) is 7.11 Å². The van der Waals surface area contributed by atoms with Gasteiger partial charge < -0.3 is 14.4 Å². The molecule has 1 N–H and O–H groups in total. The van der Waals surface area contributed by atoms with Gasteiger partial charge in [0.25, 0.3) is 0 Å². The van der Waals surface area contributed by atoms with E-state index in [1.807, 2.05) is 6.07 Å². The first kappa shape index (κ1) is 10.8. The van der Waals surface area contributed by atoms with Crippen LogP contribution in [0.1, 0.15) is 0 Å². The molecule has 16 heavy (non-hydrogen) atoms. The summed E-state index contributed by atoms with van der Waals surface area (Å²) in [6, 6.07) is 5.40. The number of aromatic nitrogens is 1. The minimum Gasteiger partial charge on any atom is -0.496 e. The molecule has 0 amide bonds. The lowest BCUT2D eigenvalue weighted by atomic mass is 10.2. The number of hydrogen-bond acceptors (Lipinski definition) is 2. The van der Waals surface area contributed by atoms with E-state index in [0.717, 1.165) is 10.9 Å². The van der Waals surface area contributed by atoms with E-state index in [1.165, 1.54) is 0 Å². The number of carbonyl (C=O) groups is 1. The molecule has 0 saturated carbocycles. The first-order chi connectivity index (χ1) is 7.63. The van der Waals surface area contributed by atoms with E-state index < -0.39 is 5.97 Å². The number of hydrogen-bond donors (Lipinski definition) is 1. The van der Waals surface area contributed by atoms with E-state index in [-0.39, 0.29) is 6.54 Å². The van der Waals surface area contributed by atoms with Crippen LogP contribution >= 0.6 is 11.6 Å². The molecule has 1 aromatic carbocycles. The summed E-state index contributed by atoms with van der Waals surface area (Å²) in [6.45, 7) is -0.115. The van der Waals surface area contributed by atoms with Crippen LogP contribution < -0.4 is 4.74 Å². The average Bonchev–Trinajstić information content (AvgIpc) is 2.55. The molecule has 2 aromatic rings. The minimum absolute atomic E-state index is 0.115. The smallest absolute Gasteiger partial charge is 0.323 e. The van der Waals surface area contributed by atoms with Gasteiger partial charge in [0.1, 0.15) is 12.3 Å². The van der Waals surface area contributed by atoms with Crippen LogP contribution in [0.5, 0.6) is 5.75 Å². The van der Waals surface area contributed by atoms with Crippen LogP contribution in [-0.2, 0) is 11.3 Å². The highest BCUT2D eigenvalue weighted by molar-refractivity contribution is 6.36. The van der Waals surface area contributed by atoms with Gasteiger partial charge in [-0.05, 0) is 12.1 Å². The van der Waals surface area contributed by atoms with Gasteiger partial charge in [-0.25, -0.2) is 0 Å². The van der Waals surface area contributed by atoms with Crippen LogP contribution in [0, 0.1) is 0 Å². The van der Waals surface area contributed by atoms with Crippen molar-refractivity contribution >= 4 is 28.5 Å². The molecule has 0 aliphatic rings. The first-order valence-electron chi connectivity index (χ1n) is 4.66. The number of carboxylic acid groups (broad SMARTS) is 1. The normalized spacial score (nSPS) is 10.6. The fourth-order valence-corrected chi connectivity index (χ4v) is 2.02. The lowest BCUT2D eigenvalue weighted by molar-refractivity contribution is -0.137. The van der Waals surface area contributed by atoms with Crippen LogP contribution in [-0.4, -0.2) is 22.8 Å². The van der Waals surface area contributed by atoms with Gasteiger partial charge in [0.15, 0.2) is 0 Å². The van der Waals surface area contributed by atoms with Gasteiger partial charge in [-0.15, -0.1) is 0 Å². The molecular formula is C11H10ClNO3. The molecular weight excluding hydrogens is 230 g/mol. The fraction of sp³-hybridized carbons (Fsp3) is 0.182. The Morgan fingerprint density at radius 3 is 2.94 bits per heavy atom. The van der Waals surface area contributed by atoms with E-state index in [4.69, 9.17) is 21.4 Å². The molecule has 84 valence electrons. The number of rotatable bonds is 3. The van der Waals surface area contributed by atoms with Crippen molar-refractivity contribution in [2.45, 2.75) is 6.54 Å². The maximum atomic E-state index is 10.7. The van der Waals surface area contributed by atoms with Crippen LogP contribution in [0.3, 0.4) is 0 Å². The molecule has 0 unspecified atom stereocenters. The Morgan fingerprint density at radius 1 is 1.56 bits per heavy atom. The fourth-order valence-electron chi connectivity index (χ4n) is 1.72. The molecule has 0 atom stereocenters. The number of aliphatic carboxylic acids is 1. The maximum Gasteiger partial charge on any atom is 0.323 e. The summed E-state index contributed by atoms with van der Waals surface area (Å²) in [4.78, 5) is 10.7. The Hall–Kier alpha value is -1.68. The summed E-state index contributed by atoms with van der Waals surface area (Å²) in [7, 11) is 1.56.